The topological polar surface area (TPSA) is 34.9 Å². The van der Waals surface area contributed by atoms with E-state index in [4.69, 9.17) is 0 Å². The molecule has 0 aliphatic carbocycles. The number of carbonyl (C=O) groups excluding carboxylic acids is 1. The van der Waals surface area contributed by atoms with Crippen molar-refractivity contribution in [1.29, 1.82) is 0 Å². The van der Waals surface area contributed by atoms with E-state index in [9.17, 15) is 4.79 Å². The summed E-state index contributed by atoms with van der Waals surface area (Å²) in [6.07, 6.45) is 4.54. The second kappa shape index (κ2) is 5.53. The molecular formula is C12H20N2OS. The molecule has 0 fully saturated rings. The van der Waals surface area contributed by atoms with Crippen molar-refractivity contribution in [2.75, 3.05) is 5.75 Å². The lowest BCUT2D eigenvalue weighted by Gasteiger charge is -2.16. The minimum absolute atomic E-state index is 0.134. The molecule has 0 N–H and O–H groups in total. The first kappa shape index (κ1) is 13.3. The fourth-order valence-corrected chi connectivity index (χ4v) is 1.96. The van der Waals surface area contributed by atoms with Gasteiger partial charge in [0.15, 0.2) is 5.78 Å². The number of hydrogen-bond donors (Lipinski definition) is 0. The van der Waals surface area contributed by atoms with E-state index in [1.165, 1.54) is 0 Å². The molecule has 0 aliphatic heterocycles. The maximum atomic E-state index is 11.8. The van der Waals surface area contributed by atoms with Crippen molar-refractivity contribution in [2.45, 2.75) is 45.4 Å². The van der Waals surface area contributed by atoms with Gasteiger partial charge in [0.1, 0.15) is 0 Å². The van der Waals surface area contributed by atoms with Gasteiger partial charge in [0.05, 0.1) is 17.5 Å². The Morgan fingerprint density at radius 3 is 2.75 bits per heavy atom. The third-order valence-electron chi connectivity index (χ3n) is 2.04. The maximum Gasteiger partial charge on any atom is 0.175 e. The van der Waals surface area contributed by atoms with Gasteiger partial charge in [-0.2, -0.15) is 5.10 Å². The van der Waals surface area contributed by atoms with Crippen LogP contribution in [0.25, 0.3) is 0 Å². The number of hydrogen-bond acceptors (Lipinski definition) is 3. The minimum Gasteiger partial charge on any atom is -0.293 e. The molecular weight excluding hydrogens is 220 g/mol. The number of aromatic nitrogens is 2. The number of thioether (sulfide) groups is 1. The van der Waals surface area contributed by atoms with Gasteiger partial charge >= 0.3 is 0 Å². The van der Waals surface area contributed by atoms with E-state index in [1.54, 1.807) is 18.0 Å². The number of carbonyl (C=O) groups is 1. The highest BCUT2D eigenvalue weighted by Crippen LogP contribution is 2.23. The molecule has 3 nitrogen and oxygen atoms in total. The highest BCUT2D eigenvalue weighted by molar-refractivity contribution is 8.01. The van der Waals surface area contributed by atoms with Gasteiger partial charge in [-0.3, -0.25) is 9.48 Å². The molecule has 1 aromatic rings. The average molecular weight is 240 g/mol. The fraction of sp³-hybridized carbons (Fsp3) is 0.667. The Kier molecular flexibility index (Phi) is 4.59. The lowest BCUT2D eigenvalue weighted by molar-refractivity contribution is 0.102. The van der Waals surface area contributed by atoms with Crippen LogP contribution in [-0.2, 0) is 6.54 Å². The van der Waals surface area contributed by atoms with Gasteiger partial charge in [0, 0.05) is 17.5 Å². The molecule has 90 valence electrons. The van der Waals surface area contributed by atoms with E-state index < -0.39 is 0 Å². The quantitative estimate of drug-likeness (QED) is 0.742. The Hall–Kier alpha value is -0.770. The van der Waals surface area contributed by atoms with Crippen LogP contribution in [0.15, 0.2) is 12.4 Å². The van der Waals surface area contributed by atoms with Crippen molar-refractivity contribution in [3.63, 3.8) is 0 Å². The number of nitrogens with zero attached hydrogens (tertiary/aromatic N) is 2. The van der Waals surface area contributed by atoms with E-state index in [-0.39, 0.29) is 10.5 Å². The zero-order valence-electron chi connectivity index (χ0n) is 10.5. The van der Waals surface area contributed by atoms with E-state index >= 15 is 0 Å². The Balaban J connectivity index is 2.53. The molecule has 0 saturated heterocycles. The van der Waals surface area contributed by atoms with Gasteiger partial charge in [-0.05, 0) is 6.42 Å². The van der Waals surface area contributed by atoms with Crippen LogP contribution in [-0.4, -0.2) is 26.1 Å². The van der Waals surface area contributed by atoms with Crippen molar-refractivity contribution in [3.05, 3.63) is 18.0 Å². The van der Waals surface area contributed by atoms with Gasteiger partial charge in [-0.25, -0.2) is 0 Å². The fourth-order valence-electron chi connectivity index (χ4n) is 1.22. The molecule has 1 aromatic heterocycles. The summed E-state index contributed by atoms with van der Waals surface area (Å²) in [6, 6.07) is 0. The lowest BCUT2D eigenvalue weighted by Crippen LogP contribution is -2.12. The summed E-state index contributed by atoms with van der Waals surface area (Å²) in [5.41, 5.74) is 0.727. The molecule has 4 heteroatoms. The van der Waals surface area contributed by atoms with Crippen LogP contribution in [0, 0.1) is 0 Å². The third kappa shape index (κ3) is 4.39. The zero-order valence-corrected chi connectivity index (χ0v) is 11.3. The first-order valence-corrected chi connectivity index (χ1v) is 6.60. The predicted molar refractivity (Wildman–Crippen MR) is 69.1 cm³/mol. The zero-order chi connectivity index (χ0) is 12.2. The van der Waals surface area contributed by atoms with E-state index in [0.29, 0.717) is 5.75 Å². The predicted octanol–water partition coefficient (Wildman–Crippen LogP) is 3.01. The molecule has 0 spiro atoms. The largest absolute Gasteiger partial charge is 0.293 e. The van der Waals surface area contributed by atoms with Gasteiger partial charge in [-0.1, -0.05) is 27.7 Å². The molecule has 0 atom stereocenters. The summed E-state index contributed by atoms with van der Waals surface area (Å²) in [7, 11) is 0. The van der Waals surface area contributed by atoms with Gasteiger partial charge in [0.25, 0.3) is 0 Å². The standard InChI is InChI=1S/C12H20N2OS/c1-5-6-14-8-10(7-13-14)11(15)9-16-12(2,3)4/h7-8H,5-6,9H2,1-4H3. The second-order valence-corrected chi connectivity index (χ2v) is 6.62. The van der Waals surface area contributed by atoms with E-state index in [0.717, 1.165) is 18.5 Å². The number of rotatable bonds is 5. The summed E-state index contributed by atoms with van der Waals surface area (Å²) in [5, 5.41) is 4.16. The normalized spacial score (nSPS) is 11.8. The number of ketones is 1. The second-order valence-electron chi connectivity index (χ2n) is 4.82. The van der Waals surface area contributed by atoms with Gasteiger partial charge in [-0.15, -0.1) is 11.8 Å². The molecule has 0 saturated carbocycles. The highest BCUT2D eigenvalue weighted by Gasteiger charge is 2.15. The number of aryl methyl sites for hydroxylation is 1. The summed E-state index contributed by atoms with van der Waals surface area (Å²) in [5.74, 6) is 0.698. The Morgan fingerprint density at radius 1 is 1.50 bits per heavy atom. The summed E-state index contributed by atoms with van der Waals surface area (Å²) in [4.78, 5) is 11.8. The molecule has 0 radical (unpaired) electrons. The van der Waals surface area contributed by atoms with Crippen molar-refractivity contribution in [3.8, 4) is 0 Å². The minimum atomic E-state index is 0.134. The average Bonchev–Trinajstić information content (AvgIpc) is 2.62. The Labute approximate surface area is 102 Å². The van der Waals surface area contributed by atoms with Gasteiger partial charge < -0.3 is 0 Å². The maximum absolute atomic E-state index is 11.8. The third-order valence-corrected chi connectivity index (χ3v) is 3.32. The van der Waals surface area contributed by atoms with Crippen molar-refractivity contribution < 1.29 is 4.79 Å². The summed E-state index contributed by atoms with van der Waals surface area (Å²) >= 11 is 1.67. The van der Waals surface area contributed by atoms with Crippen LogP contribution in [0.1, 0.15) is 44.5 Å². The van der Waals surface area contributed by atoms with Crippen LogP contribution in [0.3, 0.4) is 0 Å². The van der Waals surface area contributed by atoms with Crippen LogP contribution < -0.4 is 0 Å². The van der Waals surface area contributed by atoms with Crippen molar-refractivity contribution in [2.24, 2.45) is 0 Å². The molecule has 0 aromatic carbocycles. The lowest BCUT2D eigenvalue weighted by atomic mass is 10.2. The van der Waals surface area contributed by atoms with E-state index in [1.807, 2.05) is 10.9 Å². The van der Waals surface area contributed by atoms with Crippen LogP contribution >= 0.6 is 11.8 Å². The van der Waals surface area contributed by atoms with Crippen molar-refractivity contribution in [1.82, 2.24) is 9.78 Å². The summed E-state index contributed by atoms with van der Waals surface area (Å²) in [6.45, 7) is 9.32. The van der Waals surface area contributed by atoms with E-state index in [2.05, 4.69) is 32.8 Å². The molecule has 0 amide bonds. The monoisotopic (exact) mass is 240 g/mol. The van der Waals surface area contributed by atoms with Crippen LogP contribution in [0.4, 0.5) is 0 Å². The molecule has 0 bridgehead atoms. The van der Waals surface area contributed by atoms with Crippen LogP contribution in [0.5, 0.6) is 0 Å². The first-order valence-electron chi connectivity index (χ1n) is 5.62. The molecule has 1 heterocycles. The Bertz CT molecular complexity index is 352. The summed E-state index contributed by atoms with van der Waals surface area (Å²) < 4.78 is 1.96. The molecule has 0 unspecified atom stereocenters. The SMILES string of the molecule is CCCn1cc(C(=O)CSC(C)(C)C)cn1. The smallest absolute Gasteiger partial charge is 0.175 e. The van der Waals surface area contributed by atoms with Crippen molar-refractivity contribution >= 4 is 17.5 Å². The van der Waals surface area contributed by atoms with Gasteiger partial charge in [0.2, 0.25) is 0 Å². The Morgan fingerprint density at radius 2 is 2.19 bits per heavy atom. The molecule has 16 heavy (non-hydrogen) atoms. The first-order chi connectivity index (χ1) is 7.42. The molecule has 0 aliphatic rings. The number of Topliss-reactive ketones (excluding diaryl/α,β-unsaturated/α-hetero) is 1. The molecule has 1 rings (SSSR count). The van der Waals surface area contributed by atoms with Crippen LogP contribution in [0.2, 0.25) is 0 Å². The highest BCUT2D eigenvalue weighted by atomic mass is 32.2.